The first kappa shape index (κ1) is 13.4. The van der Waals surface area contributed by atoms with Crippen LogP contribution in [0.3, 0.4) is 0 Å². The second-order valence-corrected chi connectivity index (χ2v) is 6.06. The molecule has 1 aliphatic carbocycles. The van der Waals surface area contributed by atoms with E-state index in [0.717, 1.165) is 6.54 Å². The highest BCUT2D eigenvalue weighted by Gasteiger charge is 2.40. The van der Waals surface area contributed by atoms with Gasteiger partial charge in [-0.25, -0.2) is 0 Å². The highest BCUT2D eigenvalue weighted by molar-refractivity contribution is 4.91. The van der Waals surface area contributed by atoms with Gasteiger partial charge in [0.25, 0.3) is 0 Å². The minimum Gasteiger partial charge on any atom is -0.372 e. The molecule has 100 valence electrons. The summed E-state index contributed by atoms with van der Waals surface area (Å²) >= 11 is 0. The van der Waals surface area contributed by atoms with Gasteiger partial charge in [-0.15, -0.1) is 0 Å². The van der Waals surface area contributed by atoms with E-state index in [1.54, 1.807) is 0 Å². The monoisotopic (exact) mass is 239 g/mol. The fourth-order valence-electron chi connectivity index (χ4n) is 3.55. The van der Waals surface area contributed by atoms with Gasteiger partial charge in [0.05, 0.1) is 11.7 Å². The minimum atomic E-state index is 0.310. The van der Waals surface area contributed by atoms with Crippen LogP contribution in [0, 0.1) is 0 Å². The van der Waals surface area contributed by atoms with Gasteiger partial charge in [-0.2, -0.15) is 0 Å². The fraction of sp³-hybridized carbons (Fsp3) is 1.00. The lowest BCUT2D eigenvalue weighted by Crippen LogP contribution is -2.32. The second kappa shape index (κ2) is 6.19. The fourth-order valence-corrected chi connectivity index (χ4v) is 3.55. The normalized spacial score (nSPS) is 29.6. The molecule has 1 aliphatic heterocycles. The Kier molecular flexibility index (Phi) is 4.87. The van der Waals surface area contributed by atoms with E-state index in [1.165, 1.54) is 57.8 Å². The highest BCUT2D eigenvalue weighted by Crippen LogP contribution is 2.42. The van der Waals surface area contributed by atoms with Crippen LogP contribution in [0.5, 0.6) is 0 Å². The molecule has 0 amide bonds. The van der Waals surface area contributed by atoms with E-state index >= 15 is 0 Å². The molecular weight excluding hydrogens is 210 g/mol. The van der Waals surface area contributed by atoms with Crippen LogP contribution in [0.2, 0.25) is 0 Å². The molecule has 0 aromatic rings. The third-order valence-corrected chi connectivity index (χ3v) is 4.58. The maximum Gasteiger partial charge on any atom is 0.0687 e. The molecule has 1 N–H and O–H groups in total. The first-order chi connectivity index (χ1) is 8.24. The maximum atomic E-state index is 6.39. The molecule has 0 bridgehead atoms. The summed E-state index contributed by atoms with van der Waals surface area (Å²) < 4.78 is 6.39. The van der Waals surface area contributed by atoms with Gasteiger partial charge in [0.15, 0.2) is 0 Å². The molecule has 2 fully saturated rings. The summed E-state index contributed by atoms with van der Waals surface area (Å²) in [5.74, 6) is 0. The molecule has 2 unspecified atom stereocenters. The van der Waals surface area contributed by atoms with E-state index < -0.39 is 0 Å². The van der Waals surface area contributed by atoms with Crippen LogP contribution < -0.4 is 5.32 Å². The second-order valence-electron chi connectivity index (χ2n) is 6.06. The van der Waals surface area contributed by atoms with Crippen molar-refractivity contribution >= 4 is 0 Å². The van der Waals surface area contributed by atoms with Crippen molar-refractivity contribution in [2.45, 2.75) is 89.4 Å². The van der Waals surface area contributed by atoms with E-state index in [0.29, 0.717) is 17.7 Å². The average molecular weight is 239 g/mol. The van der Waals surface area contributed by atoms with Gasteiger partial charge < -0.3 is 10.1 Å². The van der Waals surface area contributed by atoms with Gasteiger partial charge in [0.1, 0.15) is 0 Å². The zero-order chi connectivity index (χ0) is 12.1. The lowest BCUT2D eigenvalue weighted by molar-refractivity contribution is -0.0664. The lowest BCUT2D eigenvalue weighted by Gasteiger charge is -2.33. The molecule has 2 aliphatic rings. The predicted octanol–water partition coefficient (Wildman–Crippen LogP) is 3.65. The van der Waals surface area contributed by atoms with Crippen molar-refractivity contribution in [3.63, 3.8) is 0 Å². The standard InChI is InChI=1S/C15H29NO/c1-3-16-13(2)7-8-14-9-12-15(17-14)10-5-4-6-11-15/h13-14,16H,3-12H2,1-2H3. The molecule has 2 heteroatoms. The summed E-state index contributed by atoms with van der Waals surface area (Å²) in [5, 5.41) is 3.48. The molecule has 0 aromatic carbocycles. The number of nitrogens with one attached hydrogen (secondary N) is 1. The summed E-state index contributed by atoms with van der Waals surface area (Å²) in [6.45, 7) is 5.55. The Balaban J connectivity index is 1.70. The third kappa shape index (κ3) is 3.69. The summed E-state index contributed by atoms with van der Waals surface area (Å²) in [5.41, 5.74) is 0.310. The Bertz CT molecular complexity index is 223. The molecular formula is C15H29NO. The molecule has 17 heavy (non-hydrogen) atoms. The Morgan fingerprint density at radius 1 is 1.24 bits per heavy atom. The van der Waals surface area contributed by atoms with E-state index in [-0.39, 0.29) is 0 Å². The quantitative estimate of drug-likeness (QED) is 0.791. The van der Waals surface area contributed by atoms with Gasteiger partial charge in [0, 0.05) is 6.04 Å². The van der Waals surface area contributed by atoms with Gasteiger partial charge in [-0.3, -0.25) is 0 Å². The van der Waals surface area contributed by atoms with Crippen molar-refractivity contribution < 1.29 is 4.74 Å². The molecule has 1 saturated heterocycles. The topological polar surface area (TPSA) is 21.3 Å². The van der Waals surface area contributed by atoms with Crippen LogP contribution in [0.25, 0.3) is 0 Å². The zero-order valence-corrected chi connectivity index (χ0v) is 11.6. The van der Waals surface area contributed by atoms with Crippen molar-refractivity contribution in [1.82, 2.24) is 5.32 Å². The molecule has 1 saturated carbocycles. The van der Waals surface area contributed by atoms with Crippen molar-refractivity contribution in [3.05, 3.63) is 0 Å². The predicted molar refractivity (Wildman–Crippen MR) is 72.3 cm³/mol. The number of hydrogen-bond acceptors (Lipinski definition) is 2. The Morgan fingerprint density at radius 3 is 2.71 bits per heavy atom. The summed E-state index contributed by atoms with van der Waals surface area (Å²) in [6, 6.07) is 0.645. The largest absolute Gasteiger partial charge is 0.372 e. The molecule has 2 rings (SSSR count). The first-order valence-electron chi connectivity index (χ1n) is 7.65. The van der Waals surface area contributed by atoms with E-state index in [9.17, 15) is 0 Å². The third-order valence-electron chi connectivity index (χ3n) is 4.58. The molecule has 1 spiro atoms. The van der Waals surface area contributed by atoms with Crippen molar-refractivity contribution in [1.29, 1.82) is 0 Å². The zero-order valence-electron chi connectivity index (χ0n) is 11.6. The minimum absolute atomic E-state index is 0.310. The maximum absolute atomic E-state index is 6.39. The Labute approximate surface area is 107 Å². The Hall–Kier alpha value is -0.0800. The number of hydrogen-bond donors (Lipinski definition) is 1. The van der Waals surface area contributed by atoms with E-state index in [2.05, 4.69) is 19.2 Å². The lowest BCUT2D eigenvalue weighted by atomic mass is 9.83. The van der Waals surface area contributed by atoms with Gasteiger partial charge >= 0.3 is 0 Å². The average Bonchev–Trinajstić information content (AvgIpc) is 2.71. The highest BCUT2D eigenvalue weighted by atomic mass is 16.5. The summed E-state index contributed by atoms with van der Waals surface area (Å²) in [4.78, 5) is 0. The summed E-state index contributed by atoms with van der Waals surface area (Å²) in [7, 11) is 0. The van der Waals surface area contributed by atoms with Gasteiger partial charge in [0.2, 0.25) is 0 Å². The van der Waals surface area contributed by atoms with E-state index in [4.69, 9.17) is 4.74 Å². The van der Waals surface area contributed by atoms with Crippen molar-refractivity contribution in [2.75, 3.05) is 6.54 Å². The van der Waals surface area contributed by atoms with Crippen LogP contribution in [-0.4, -0.2) is 24.3 Å². The van der Waals surface area contributed by atoms with Crippen LogP contribution >= 0.6 is 0 Å². The van der Waals surface area contributed by atoms with Gasteiger partial charge in [-0.05, 0) is 52.0 Å². The van der Waals surface area contributed by atoms with Crippen molar-refractivity contribution in [3.8, 4) is 0 Å². The van der Waals surface area contributed by atoms with Crippen LogP contribution in [0.4, 0.5) is 0 Å². The SMILES string of the molecule is CCNC(C)CCC1CCC2(CCCCC2)O1. The number of rotatable bonds is 5. The smallest absolute Gasteiger partial charge is 0.0687 e. The molecule has 0 radical (unpaired) electrons. The summed E-state index contributed by atoms with van der Waals surface area (Å²) in [6.07, 6.45) is 12.5. The van der Waals surface area contributed by atoms with Gasteiger partial charge in [-0.1, -0.05) is 26.2 Å². The van der Waals surface area contributed by atoms with Crippen LogP contribution in [0.1, 0.15) is 71.6 Å². The Morgan fingerprint density at radius 2 is 2.00 bits per heavy atom. The molecule has 2 atom stereocenters. The van der Waals surface area contributed by atoms with E-state index in [1.807, 2.05) is 0 Å². The molecule has 1 heterocycles. The molecule has 0 aromatic heterocycles. The molecule has 2 nitrogen and oxygen atoms in total. The van der Waals surface area contributed by atoms with Crippen molar-refractivity contribution in [2.24, 2.45) is 0 Å². The number of ether oxygens (including phenoxy) is 1. The van der Waals surface area contributed by atoms with Crippen LogP contribution in [0.15, 0.2) is 0 Å². The first-order valence-corrected chi connectivity index (χ1v) is 7.65. The van der Waals surface area contributed by atoms with Crippen LogP contribution in [-0.2, 0) is 4.74 Å².